The smallest absolute Gasteiger partial charge is 0.0484 e. The lowest BCUT2D eigenvalue weighted by Crippen LogP contribution is -2.23. The molecule has 0 radical (unpaired) electrons. The van der Waals surface area contributed by atoms with E-state index in [1.165, 1.54) is 38.8 Å². The fourth-order valence-corrected chi connectivity index (χ4v) is 4.06. The molecule has 1 aliphatic heterocycles. The first-order valence-corrected chi connectivity index (χ1v) is 10.4. The topological polar surface area (TPSA) is 3.24 Å². The van der Waals surface area contributed by atoms with Crippen molar-refractivity contribution in [3.05, 3.63) is 113 Å². The summed E-state index contributed by atoms with van der Waals surface area (Å²) in [7, 11) is 0. The highest BCUT2D eigenvalue weighted by atomic mass is 15.1. The number of para-hydroxylation sites is 1. The molecule has 1 heteroatoms. The Morgan fingerprint density at radius 1 is 0.793 bits per heavy atom. The fraction of sp³-hybridized carbons (Fsp3) is 0.143. The molecular formula is C28H27N. The van der Waals surface area contributed by atoms with Gasteiger partial charge in [0.15, 0.2) is 0 Å². The summed E-state index contributed by atoms with van der Waals surface area (Å²) < 4.78 is 0. The Morgan fingerprint density at radius 3 is 2.48 bits per heavy atom. The number of likely N-dealkylation sites (N-methyl/N-ethyl adjacent to an activating group) is 1. The van der Waals surface area contributed by atoms with E-state index in [9.17, 15) is 0 Å². The average Bonchev–Trinajstić information content (AvgIpc) is 2.78. The van der Waals surface area contributed by atoms with E-state index in [4.69, 9.17) is 0 Å². The molecule has 0 aromatic heterocycles. The van der Waals surface area contributed by atoms with Crippen molar-refractivity contribution >= 4 is 28.6 Å². The first kappa shape index (κ1) is 19.0. The van der Waals surface area contributed by atoms with Crippen LogP contribution >= 0.6 is 0 Å². The zero-order valence-corrected chi connectivity index (χ0v) is 17.2. The van der Waals surface area contributed by atoms with Crippen LogP contribution in [0.15, 0.2) is 96.7 Å². The minimum Gasteiger partial charge on any atom is -0.341 e. The first-order valence-electron chi connectivity index (χ1n) is 10.4. The maximum Gasteiger partial charge on any atom is 0.0484 e. The maximum absolute atomic E-state index is 2.35. The summed E-state index contributed by atoms with van der Waals surface area (Å²) in [6.07, 6.45) is 16.2. The molecule has 1 aliphatic rings. The van der Waals surface area contributed by atoms with Gasteiger partial charge < -0.3 is 4.90 Å². The van der Waals surface area contributed by atoms with Crippen molar-refractivity contribution in [3.8, 4) is 0 Å². The molecule has 0 amide bonds. The summed E-state index contributed by atoms with van der Waals surface area (Å²) in [4.78, 5) is 2.35. The zero-order chi connectivity index (χ0) is 20.1. The van der Waals surface area contributed by atoms with Crippen LogP contribution < -0.4 is 4.90 Å². The monoisotopic (exact) mass is 377 g/mol. The minimum atomic E-state index is 0.952. The van der Waals surface area contributed by atoms with Crippen LogP contribution in [-0.2, 0) is 6.42 Å². The van der Waals surface area contributed by atoms with Gasteiger partial charge in [-0.05, 0) is 59.0 Å². The Bertz CT molecular complexity index is 1130. The van der Waals surface area contributed by atoms with Crippen LogP contribution in [0.5, 0.6) is 0 Å². The van der Waals surface area contributed by atoms with E-state index >= 15 is 0 Å². The lowest BCUT2D eigenvalue weighted by Gasteiger charge is -2.29. The van der Waals surface area contributed by atoms with Gasteiger partial charge >= 0.3 is 0 Å². The van der Waals surface area contributed by atoms with Gasteiger partial charge in [0.05, 0.1) is 0 Å². The van der Waals surface area contributed by atoms with E-state index in [1.807, 2.05) is 0 Å². The van der Waals surface area contributed by atoms with Crippen LogP contribution in [-0.4, -0.2) is 6.54 Å². The molecule has 0 fully saturated rings. The number of nitrogens with zero attached hydrogens (tertiary/aromatic N) is 1. The lowest BCUT2D eigenvalue weighted by molar-refractivity contribution is 0.971. The predicted molar refractivity (Wildman–Crippen MR) is 128 cm³/mol. The third-order valence-electron chi connectivity index (χ3n) is 5.48. The molecular weight excluding hydrogens is 350 g/mol. The van der Waals surface area contributed by atoms with Gasteiger partial charge in [0, 0.05) is 17.9 Å². The number of allylic oxidation sites excluding steroid dienone is 5. The molecule has 4 rings (SSSR count). The molecule has 29 heavy (non-hydrogen) atoms. The quantitative estimate of drug-likeness (QED) is 0.418. The molecule has 0 spiro atoms. The van der Waals surface area contributed by atoms with Crippen molar-refractivity contribution < 1.29 is 0 Å². The normalized spacial score (nSPS) is 15.1. The van der Waals surface area contributed by atoms with Crippen LogP contribution in [0.3, 0.4) is 0 Å². The zero-order valence-electron chi connectivity index (χ0n) is 17.2. The highest BCUT2D eigenvalue weighted by Gasteiger charge is 2.14. The number of anilines is 1. The van der Waals surface area contributed by atoms with E-state index in [0.29, 0.717) is 0 Å². The number of hydrogen-bond donors (Lipinski definition) is 0. The summed E-state index contributed by atoms with van der Waals surface area (Å²) in [6.45, 7) is 5.37. The largest absolute Gasteiger partial charge is 0.341 e. The molecule has 0 aliphatic carbocycles. The summed E-state index contributed by atoms with van der Waals surface area (Å²) in [5, 5.41) is 2.67. The predicted octanol–water partition coefficient (Wildman–Crippen LogP) is 7.41. The average molecular weight is 378 g/mol. The Labute approximate surface area is 174 Å². The van der Waals surface area contributed by atoms with Crippen molar-refractivity contribution in [1.82, 2.24) is 0 Å². The standard InChI is InChI=1S/C28H27N/c1-3-26-22(18-19-23-13-8-10-16-27(23)26)12-6-5-7-15-25-21-20-24-14-9-11-17-28(24)29(25)4-2/h5-21H,3-4H2,1-2H3/b7-5?,12-6?,25-15+. The van der Waals surface area contributed by atoms with Crippen LogP contribution in [0.25, 0.3) is 22.9 Å². The SMILES string of the molecule is CCc1c(C=CC=C/C=C2\C=Cc3ccccc3N2CC)ccc2ccccc12. The molecule has 1 nitrogen and oxygen atoms in total. The van der Waals surface area contributed by atoms with Gasteiger partial charge in [-0.3, -0.25) is 0 Å². The van der Waals surface area contributed by atoms with Gasteiger partial charge in [-0.1, -0.05) is 91.9 Å². The summed E-state index contributed by atoms with van der Waals surface area (Å²) >= 11 is 0. The van der Waals surface area contributed by atoms with E-state index in [1.54, 1.807) is 0 Å². The van der Waals surface area contributed by atoms with E-state index in [-0.39, 0.29) is 0 Å². The molecule has 0 saturated carbocycles. The van der Waals surface area contributed by atoms with E-state index in [0.717, 1.165) is 13.0 Å². The van der Waals surface area contributed by atoms with Gasteiger partial charge in [-0.2, -0.15) is 0 Å². The maximum atomic E-state index is 2.35. The van der Waals surface area contributed by atoms with Gasteiger partial charge in [-0.25, -0.2) is 0 Å². The highest BCUT2D eigenvalue weighted by Crippen LogP contribution is 2.30. The van der Waals surface area contributed by atoms with Crippen molar-refractivity contribution in [2.24, 2.45) is 0 Å². The van der Waals surface area contributed by atoms with Crippen molar-refractivity contribution in [2.45, 2.75) is 20.3 Å². The van der Waals surface area contributed by atoms with Crippen LogP contribution in [0.2, 0.25) is 0 Å². The second-order valence-corrected chi connectivity index (χ2v) is 7.18. The Balaban J connectivity index is 1.54. The van der Waals surface area contributed by atoms with Gasteiger partial charge in [-0.15, -0.1) is 0 Å². The fourth-order valence-electron chi connectivity index (χ4n) is 4.06. The van der Waals surface area contributed by atoms with Crippen LogP contribution in [0.1, 0.15) is 30.5 Å². The summed E-state index contributed by atoms with van der Waals surface area (Å²) in [6, 6.07) is 21.6. The Kier molecular flexibility index (Phi) is 5.76. The van der Waals surface area contributed by atoms with Crippen molar-refractivity contribution in [2.75, 3.05) is 11.4 Å². The van der Waals surface area contributed by atoms with Crippen molar-refractivity contribution in [3.63, 3.8) is 0 Å². The molecule has 0 saturated heterocycles. The number of aryl methyl sites for hydroxylation is 1. The Hall–Kier alpha value is -3.32. The van der Waals surface area contributed by atoms with Crippen LogP contribution in [0.4, 0.5) is 5.69 Å². The summed E-state index contributed by atoms with van der Waals surface area (Å²) in [5.74, 6) is 0. The number of benzene rings is 3. The molecule has 0 N–H and O–H groups in total. The molecule has 0 unspecified atom stereocenters. The second-order valence-electron chi connectivity index (χ2n) is 7.18. The number of fused-ring (bicyclic) bond motifs is 2. The third kappa shape index (κ3) is 3.95. The van der Waals surface area contributed by atoms with E-state index in [2.05, 4.69) is 122 Å². The molecule has 3 aromatic rings. The molecule has 144 valence electrons. The van der Waals surface area contributed by atoms with Crippen molar-refractivity contribution in [1.29, 1.82) is 0 Å². The van der Waals surface area contributed by atoms with E-state index < -0.39 is 0 Å². The molecule has 0 bridgehead atoms. The van der Waals surface area contributed by atoms with Gasteiger partial charge in [0.25, 0.3) is 0 Å². The number of rotatable bonds is 5. The lowest BCUT2D eigenvalue weighted by atomic mass is 9.97. The van der Waals surface area contributed by atoms with Crippen LogP contribution in [0, 0.1) is 0 Å². The first-order chi connectivity index (χ1) is 14.3. The van der Waals surface area contributed by atoms with Gasteiger partial charge in [0.2, 0.25) is 0 Å². The highest BCUT2D eigenvalue weighted by molar-refractivity contribution is 5.88. The molecule has 3 aromatic carbocycles. The minimum absolute atomic E-state index is 0.952. The molecule has 1 heterocycles. The van der Waals surface area contributed by atoms with Gasteiger partial charge in [0.1, 0.15) is 0 Å². The third-order valence-corrected chi connectivity index (χ3v) is 5.48. The molecule has 0 atom stereocenters. The Morgan fingerprint density at radius 2 is 1.62 bits per heavy atom. The second kappa shape index (κ2) is 8.79. The summed E-state index contributed by atoms with van der Waals surface area (Å²) in [5.41, 5.74) is 6.48. The number of hydrogen-bond acceptors (Lipinski definition) is 1.